The summed E-state index contributed by atoms with van der Waals surface area (Å²) in [5, 5.41) is 3.80. The number of halogens is 2. The van der Waals surface area contributed by atoms with Crippen LogP contribution in [0.5, 0.6) is 0 Å². The Labute approximate surface area is 165 Å². The van der Waals surface area contributed by atoms with E-state index in [2.05, 4.69) is 26.1 Å². The van der Waals surface area contributed by atoms with Gasteiger partial charge in [-0.1, -0.05) is 35.3 Å². The molecule has 0 spiro atoms. The topological polar surface area (TPSA) is 105 Å². The Kier molecular flexibility index (Phi) is 5.63. The van der Waals surface area contributed by atoms with Crippen molar-refractivity contribution in [2.24, 2.45) is 0 Å². The number of anilines is 4. The molecule has 0 fully saturated rings. The Hall–Kier alpha value is -3.03. The number of hydrazine groups is 1. The van der Waals surface area contributed by atoms with Crippen LogP contribution in [-0.2, 0) is 0 Å². The minimum Gasteiger partial charge on any atom is -0.393 e. The van der Waals surface area contributed by atoms with Crippen LogP contribution in [0.2, 0.25) is 10.0 Å². The predicted octanol–water partition coefficient (Wildman–Crippen LogP) is 4.17. The third kappa shape index (κ3) is 4.58. The van der Waals surface area contributed by atoms with Crippen LogP contribution in [0.3, 0.4) is 0 Å². The van der Waals surface area contributed by atoms with E-state index >= 15 is 0 Å². The van der Waals surface area contributed by atoms with Crippen LogP contribution in [0.4, 0.5) is 23.0 Å². The predicted molar refractivity (Wildman–Crippen MR) is 108 cm³/mol. The van der Waals surface area contributed by atoms with Crippen molar-refractivity contribution < 1.29 is 4.79 Å². The molecule has 0 radical (unpaired) electrons. The lowest BCUT2D eigenvalue weighted by Gasteiger charge is -2.13. The molecule has 0 saturated carbocycles. The number of hydrogen-bond acceptors (Lipinski definition) is 6. The van der Waals surface area contributed by atoms with Crippen LogP contribution in [0.25, 0.3) is 0 Å². The summed E-state index contributed by atoms with van der Waals surface area (Å²) in [6.45, 7) is 1.99. The summed E-state index contributed by atoms with van der Waals surface area (Å²) in [4.78, 5) is 20.5. The molecular weight excluding hydrogens is 387 g/mol. The molecule has 0 aliphatic rings. The summed E-state index contributed by atoms with van der Waals surface area (Å²) >= 11 is 11.9. The molecule has 0 atom stereocenters. The highest BCUT2D eigenvalue weighted by atomic mass is 35.5. The number of rotatable bonds is 5. The first-order valence-electron chi connectivity index (χ1n) is 7.89. The van der Waals surface area contributed by atoms with Crippen LogP contribution in [0.15, 0.2) is 48.8 Å². The molecule has 3 aromatic rings. The molecule has 5 N–H and O–H groups in total. The zero-order valence-electron chi connectivity index (χ0n) is 14.3. The van der Waals surface area contributed by atoms with E-state index < -0.39 is 5.91 Å². The minimum atomic E-state index is -0.456. The zero-order chi connectivity index (χ0) is 19.4. The number of nitrogen functional groups attached to an aromatic ring is 1. The maximum absolute atomic E-state index is 12.3. The lowest BCUT2D eigenvalue weighted by Crippen LogP contribution is -2.30. The Balaban J connectivity index is 1.73. The van der Waals surface area contributed by atoms with Crippen molar-refractivity contribution in [3.8, 4) is 0 Å². The number of nitrogens with one attached hydrogen (secondary N) is 3. The van der Waals surface area contributed by atoms with Gasteiger partial charge in [0, 0.05) is 10.7 Å². The van der Waals surface area contributed by atoms with Crippen LogP contribution >= 0.6 is 23.2 Å². The molecule has 1 amide bonds. The number of hydrogen-bond donors (Lipinski definition) is 4. The average molecular weight is 403 g/mol. The van der Waals surface area contributed by atoms with Gasteiger partial charge in [-0.2, -0.15) is 0 Å². The Morgan fingerprint density at radius 1 is 1.07 bits per heavy atom. The first-order valence-corrected chi connectivity index (χ1v) is 8.65. The molecule has 0 bridgehead atoms. The normalized spacial score (nSPS) is 10.3. The quantitative estimate of drug-likeness (QED) is 0.477. The van der Waals surface area contributed by atoms with Gasteiger partial charge in [0.15, 0.2) is 11.6 Å². The van der Waals surface area contributed by atoms with Gasteiger partial charge in [0.05, 0.1) is 10.6 Å². The monoisotopic (exact) mass is 402 g/mol. The number of carbonyl (C=O) groups is 1. The Morgan fingerprint density at radius 3 is 2.59 bits per heavy atom. The molecule has 0 aliphatic carbocycles. The third-order valence-electron chi connectivity index (χ3n) is 3.63. The summed E-state index contributed by atoms with van der Waals surface area (Å²) in [6.07, 6.45) is 1.33. The van der Waals surface area contributed by atoms with Gasteiger partial charge >= 0.3 is 0 Å². The molecule has 0 aliphatic heterocycles. The van der Waals surface area contributed by atoms with Crippen molar-refractivity contribution in [1.82, 2.24) is 15.4 Å². The van der Waals surface area contributed by atoms with Crippen LogP contribution in [-0.4, -0.2) is 15.9 Å². The molecule has 0 saturated heterocycles. The highest BCUT2D eigenvalue weighted by Gasteiger charge is 2.13. The van der Waals surface area contributed by atoms with Crippen LogP contribution in [0.1, 0.15) is 15.9 Å². The first-order chi connectivity index (χ1) is 12.9. The van der Waals surface area contributed by atoms with Crippen molar-refractivity contribution in [3.63, 3.8) is 0 Å². The van der Waals surface area contributed by atoms with Gasteiger partial charge in [0.1, 0.15) is 12.0 Å². The van der Waals surface area contributed by atoms with Crippen molar-refractivity contribution >= 4 is 52.1 Å². The largest absolute Gasteiger partial charge is 0.393 e. The van der Waals surface area contributed by atoms with E-state index in [4.69, 9.17) is 28.9 Å². The zero-order valence-corrected chi connectivity index (χ0v) is 15.8. The molecule has 1 heterocycles. The summed E-state index contributed by atoms with van der Waals surface area (Å²) in [6, 6.07) is 12.3. The fourth-order valence-electron chi connectivity index (χ4n) is 2.31. The van der Waals surface area contributed by atoms with E-state index in [1.54, 1.807) is 6.07 Å². The second-order valence-corrected chi connectivity index (χ2v) is 6.53. The second kappa shape index (κ2) is 8.11. The maximum atomic E-state index is 12.3. The van der Waals surface area contributed by atoms with Gasteiger partial charge in [-0.25, -0.2) is 9.97 Å². The standard InChI is InChI=1S/C18H16Cl2N6O/c1-10-3-2-4-12(7-10)24-16-15(21)17(23-9-22-16)25-26-18(27)13-6-5-11(19)8-14(13)20/h2-9H,21H2,1H3,(H,26,27)(H2,22,23,24,25). The average Bonchev–Trinajstić information content (AvgIpc) is 2.62. The molecular formula is C18H16Cl2N6O. The third-order valence-corrected chi connectivity index (χ3v) is 4.18. The molecule has 9 heteroatoms. The molecule has 27 heavy (non-hydrogen) atoms. The minimum absolute atomic E-state index is 0.235. The van der Waals surface area contributed by atoms with E-state index in [9.17, 15) is 4.79 Å². The Morgan fingerprint density at radius 2 is 1.85 bits per heavy atom. The van der Waals surface area contributed by atoms with Crippen LogP contribution < -0.4 is 21.9 Å². The van der Waals surface area contributed by atoms with Crippen molar-refractivity contribution in [3.05, 3.63) is 70.0 Å². The lowest BCUT2D eigenvalue weighted by atomic mass is 10.2. The van der Waals surface area contributed by atoms with Crippen molar-refractivity contribution in [2.75, 3.05) is 16.5 Å². The molecule has 0 unspecified atom stereocenters. The van der Waals surface area contributed by atoms with E-state index in [1.807, 2.05) is 31.2 Å². The van der Waals surface area contributed by atoms with E-state index in [0.29, 0.717) is 10.8 Å². The van der Waals surface area contributed by atoms with Crippen LogP contribution in [0, 0.1) is 6.92 Å². The second-order valence-electron chi connectivity index (χ2n) is 5.68. The fourth-order valence-corrected chi connectivity index (χ4v) is 2.81. The molecule has 1 aromatic heterocycles. The number of aromatic nitrogens is 2. The van der Waals surface area contributed by atoms with E-state index in [0.717, 1.165) is 11.3 Å². The highest BCUT2D eigenvalue weighted by molar-refractivity contribution is 6.36. The van der Waals surface area contributed by atoms with E-state index in [-0.39, 0.29) is 22.1 Å². The highest BCUT2D eigenvalue weighted by Crippen LogP contribution is 2.26. The SMILES string of the molecule is Cc1cccc(Nc2ncnc(NNC(=O)c3ccc(Cl)cc3Cl)c2N)c1. The Bertz CT molecular complexity index is 995. The summed E-state index contributed by atoms with van der Waals surface area (Å²) in [5.41, 5.74) is 13.7. The van der Waals surface area contributed by atoms with Gasteiger partial charge in [-0.3, -0.25) is 15.6 Å². The van der Waals surface area contributed by atoms with Crippen molar-refractivity contribution in [2.45, 2.75) is 6.92 Å². The number of aryl methyl sites for hydroxylation is 1. The van der Waals surface area contributed by atoms with Crippen molar-refractivity contribution in [1.29, 1.82) is 0 Å². The number of nitrogens with two attached hydrogens (primary N) is 1. The fraction of sp³-hybridized carbons (Fsp3) is 0.0556. The lowest BCUT2D eigenvalue weighted by molar-refractivity contribution is 0.0962. The number of carbonyl (C=O) groups excluding carboxylic acids is 1. The molecule has 138 valence electrons. The molecule has 2 aromatic carbocycles. The first kappa shape index (κ1) is 18.8. The maximum Gasteiger partial charge on any atom is 0.271 e. The molecule has 3 rings (SSSR count). The van der Waals surface area contributed by atoms with Gasteiger partial charge in [-0.05, 0) is 42.8 Å². The number of nitrogens with zero attached hydrogens (tertiary/aromatic N) is 2. The van der Waals surface area contributed by atoms with Gasteiger partial charge in [0.2, 0.25) is 0 Å². The molecule has 7 nitrogen and oxygen atoms in total. The smallest absolute Gasteiger partial charge is 0.271 e. The summed E-state index contributed by atoms with van der Waals surface area (Å²) in [5.74, 6) is 0.207. The summed E-state index contributed by atoms with van der Waals surface area (Å²) < 4.78 is 0. The number of amides is 1. The number of benzene rings is 2. The van der Waals surface area contributed by atoms with E-state index in [1.165, 1.54) is 18.5 Å². The van der Waals surface area contributed by atoms with Gasteiger partial charge < -0.3 is 11.1 Å². The summed E-state index contributed by atoms with van der Waals surface area (Å²) in [7, 11) is 0. The van der Waals surface area contributed by atoms with Gasteiger partial charge in [-0.15, -0.1) is 0 Å². The van der Waals surface area contributed by atoms with Gasteiger partial charge in [0.25, 0.3) is 5.91 Å².